The van der Waals surface area contributed by atoms with E-state index in [-0.39, 0.29) is 12.1 Å². The van der Waals surface area contributed by atoms with Gasteiger partial charge in [-0.3, -0.25) is 0 Å². The molecule has 0 saturated heterocycles. The highest BCUT2D eigenvalue weighted by Gasteiger charge is 2.12. The third-order valence-corrected chi connectivity index (χ3v) is 2.35. The smallest absolute Gasteiger partial charge is 0.173 e. The fraction of sp³-hybridized carbons (Fsp3) is 0.417. The monoisotopic (exact) mass is 247 g/mol. The molecule has 1 heterocycles. The maximum absolute atomic E-state index is 5.80. The van der Waals surface area contributed by atoms with Gasteiger partial charge in [0.05, 0.1) is 17.8 Å². The molecule has 0 aliphatic carbocycles. The van der Waals surface area contributed by atoms with Crippen molar-refractivity contribution in [1.82, 2.24) is 20.2 Å². The lowest BCUT2D eigenvalue weighted by Crippen LogP contribution is -2.13. The van der Waals surface area contributed by atoms with E-state index in [1.165, 1.54) is 0 Å². The molecule has 6 nitrogen and oxygen atoms in total. The largest absolute Gasteiger partial charge is 0.491 e. The molecule has 0 radical (unpaired) electrons. The van der Waals surface area contributed by atoms with E-state index in [0.717, 1.165) is 11.4 Å². The third kappa shape index (κ3) is 2.65. The van der Waals surface area contributed by atoms with Gasteiger partial charge in [-0.25, -0.2) is 0 Å². The number of rotatable bonds is 4. The number of nitrogens with zero attached hydrogens (tertiary/aromatic N) is 4. The highest BCUT2D eigenvalue weighted by Crippen LogP contribution is 2.17. The van der Waals surface area contributed by atoms with Gasteiger partial charge in [0.1, 0.15) is 5.75 Å². The Morgan fingerprint density at radius 2 is 1.83 bits per heavy atom. The van der Waals surface area contributed by atoms with Crippen LogP contribution in [0.25, 0.3) is 5.69 Å². The zero-order valence-electron chi connectivity index (χ0n) is 10.7. The van der Waals surface area contributed by atoms with E-state index in [0.29, 0.717) is 5.82 Å². The minimum absolute atomic E-state index is 0.156. The molecule has 0 saturated carbocycles. The Morgan fingerprint density at radius 3 is 2.39 bits per heavy atom. The van der Waals surface area contributed by atoms with Crippen LogP contribution in [0, 0.1) is 0 Å². The van der Waals surface area contributed by atoms with Gasteiger partial charge in [-0.2, -0.15) is 4.68 Å². The van der Waals surface area contributed by atoms with E-state index in [9.17, 15) is 0 Å². The van der Waals surface area contributed by atoms with Crippen LogP contribution in [0.1, 0.15) is 32.6 Å². The summed E-state index contributed by atoms with van der Waals surface area (Å²) in [6, 6.07) is 7.37. The molecule has 0 aliphatic rings. The van der Waals surface area contributed by atoms with Gasteiger partial charge in [0.2, 0.25) is 0 Å². The van der Waals surface area contributed by atoms with Crippen molar-refractivity contribution in [2.75, 3.05) is 0 Å². The Kier molecular flexibility index (Phi) is 3.57. The van der Waals surface area contributed by atoms with Gasteiger partial charge in [0, 0.05) is 0 Å². The summed E-state index contributed by atoms with van der Waals surface area (Å²) in [5, 5.41) is 11.5. The number of nitrogens with two attached hydrogens (primary N) is 1. The minimum atomic E-state index is -0.216. The molecule has 2 N–H and O–H groups in total. The van der Waals surface area contributed by atoms with Crippen LogP contribution in [0.15, 0.2) is 24.3 Å². The number of hydrogen-bond acceptors (Lipinski definition) is 5. The second-order valence-corrected chi connectivity index (χ2v) is 4.40. The molecule has 0 aliphatic heterocycles. The van der Waals surface area contributed by atoms with Gasteiger partial charge in [-0.1, -0.05) is 0 Å². The molecule has 2 aromatic rings. The molecule has 1 atom stereocenters. The highest BCUT2D eigenvalue weighted by molar-refractivity contribution is 5.37. The van der Waals surface area contributed by atoms with Crippen LogP contribution in [0.4, 0.5) is 0 Å². The summed E-state index contributed by atoms with van der Waals surface area (Å²) in [4.78, 5) is 0. The Hall–Kier alpha value is -1.95. The van der Waals surface area contributed by atoms with Crippen molar-refractivity contribution in [3.05, 3.63) is 30.1 Å². The number of ether oxygens (including phenoxy) is 1. The van der Waals surface area contributed by atoms with Crippen molar-refractivity contribution in [1.29, 1.82) is 0 Å². The molecule has 0 amide bonds. The number of hydrogen-bond donors (Lipinski definition) is 1. The first-order valence-electron chi connectivity index (χ1n) is 5.89. The molecule has 96 valence electrons. The van der Waals surface area contributed by atoms with Crippen LogP contribution in [-0.4, -0.2) is 26.3 Å². The summed E-state index contributed by atoms with van der Waals surface area (Å²) in [5.41, 5.74) is 6.67. The zero-order valence-corrected chi connectivity index (χ0v) is 10.7. The molecule has 6 heteroatoms. The molecular formula is C12H17N5O. The molecule has 1 aromatic carbocycles. The summed E-state index contributed by atoms with van der Waals surface area (Å²) in [6.45, 7) is 5.82. The second kappa shape index (κ2) is 5.14. The quantitative estimate of drug-likeness (QED) is 0.885. The Morgan fingerprint density at radius 1 is 1.17 bits per heavy atom. The zero-order chi connectivity index (χ0) is 13.1. The van der Waals surface area contributed by atoms with E-state index in [2.05, 4.69) is 15.5 Å². The predicted octanol–water partition coefficient (Wildman–Crippen LogP) is 1.47. The van der Waals surface area contributed by atoms with Crippen LogP contribution in [0.5, 0.6) is 5.75 Å². The van der Waals surface area contributed by atoms with Gasteiger partial charge >= 0.3 is 0 Å². The van der Waals surface area contributed by atoms with Crippen LogP contribution >= 0.6 is 0 Å². The maximum atomic E-state index is 5.80. The minimum Gasteiger partial charge on any atom is -0.491 e. The summed E-state index contributed by atoms with van der Waals surface area (Å²) in [5.74, 6) is 1.46. The fourth-order valence-corrected chi connectivity index (χ4v) is 1.60. The van der Waals surface area contributed by atoms with Gasteiger partial charge in [0.25, 0.3) is 0 Å². The normalized spacial score (nSPS) is 12.7. The second-order valence-electron chi connectivity index (χ2n) is 4.40. The molecule has 1 aromatic heterocycles. The first kappa shape index (κ1) is 12.5. The summed E-state index contributed by atoms with van der Waals surface area (Å²) < 4.78 is 7.21. The lowest BCUT2D eigenvalue weighted by molar-refractivity contribution is 0.242. The summed E-state index contributed by atoms with van der Waals surface area (Å²) >= 11 is 0. The van der Waals surface area contributed by atoms with Crippen molar-refractivity contribution in [3.8, 4) is 11.4 Å². The average Bonchev–Trinajstić information content (AvgIpc) is 2.78. The standard InChI is InChI=1S/C12H17N5O/c1-8(2)18-11-6-4-10(5-7-11)17-12(9(3)13)14-15-16-17/h4-9H,13H2,1-3H3. The number of aromatic nitrogens is 4. The molecule has 2 rings (SSSR count). The highest BCUT2D eigenvalue weighted by atomic mass is 16.5. The van der Waals surface area contributed by atoms with Gasteiger partial charge < -0.3 is 10.5 Å². The van der Waals surface area contributed by atoms with Crippen molar-refractivity contribution in [2.24, 2.45) is 5.73 Å². The van der Waals surface area contributed by atoms with E-state index in [4.69, 9.17) is 10.5 Å². The molecule has 1 unspecified atom stereocenters. The van der Waals surface area contributed by atoms with Crippen molar-refractivity contribution < 1.29 is 4.74 Å². The van der Waals surface area contributed by atoms with Crippen molar-refractivity contribution >= 4 is 0 Å². The molecule has 0 spiro atoms. The lowest BCUT2D eigenvalue weighted by Gasteiger charge is -2.11. The summed E-state index contributed by atoms with van der Waals surface area (Å²) in [7, 11) is 0. The molecular weight excluding hydrogens is 230 g/mol. The number of tetrazole rings is 1. The molecule has 0 fully saturated rings. The Balaban J connectivity index is 2.26. The van der Waals surface area contributed by atoms with Gasteiger partial charge in [-0.05, 0) is 55.5 Å². The Bertz CT molecular complexity index is 503. The van der Waals surface area contributed by atoms with Crippen molar-refractivity contribution in [3.63, 3.8) is 0 Å². The first-order valence-corrected chi connectivity index (χ1v) is 5.89. The molecule has 18 heavy (non-hydrogen) atoms. The van der Waals surface area contributed by atoms with E-state index >= 15 is 0 Å². The topological polar surface area (TPSA) is 78.8 Å². The SMILES string of the molecule is CC(C)Oc1ccc(-n2nnnc2C(C)N)cc1. The van der Waals surface area contributed by atoms with E-state index in [1.54, 1.807) is 4.68 Å². The van der Waals surface area contributed by atoms with E-state index < -0.39 is 0 Å². The predicted molar refractivity (Wildman–Crippen MR) is 67.5 cm³/mol. The molecule has 0 bridgehead atoms. The van der Waals surface area contributed by atoms with Crippen molar-refractivity contribution in [2.45, 2.75) is 32.9 Å². The Labute approximate surface area is 106 Å². The van der Waals surface area contributed by atoms with E-state index in [1.807, 2.05) is 45.0 Å². The van der Waals surface area contributed by atoms with Gasteiger partial charge in [0.15, 0.2) is 5.82 Å². The van der Waals surface area contributed by atoms with Crippen LogP contribution < -0.4 is 10.5 Å². The van der Waals surface area contributed by atoms with Crippen LogP contribution in [0.2, 0.25) is 0 Å². The van der Waals surface area contributed by atoms with Gasteiger partial charge in [-0.15, -0.1) is 5.10 Å². The lowest BCUT2D eigenvalue weighted by atomic mass is 10.3. The average molecular weight is 247 g/mol. The summed E-state index contributed by atoms with van der Waals surface area (Å²) in [6.07, 6.45) is 0.156. The van der Waals surface area contributed by atoms with Crippen LogP contribution in [0.3, 0.4) is 0 Å². The maximum Gasteiger partial charge on any atom is 0.173 e. The number of benzene rings is 1. The third-order valence-electron chi connectivity index (χ3n) is 2.35. The van der Waals surface area contributed by atoms with Crippen LogP contribution in [-0.2, 0) is 0 Å². The first-order chi connectivity index (χ1) is 8.58. The fourth-order valence-electron chi connectivity index (χ4n) is 1.60.